The number of benzene rings is 1. The van der Waals surface area contributed by atoms with Crippen molar-refractivity contribution in [3.05, 3.63) is 48.4 Å². The molecule has 0 bridgehead atoms. The lowest BCUT2D eigenvalue weighted by molar-refractivity contribution is -0.153. The first-order valence-electron chi connectivity index (χ1n) is 7.52. The molecular weight excluding hydrogens is 336 g/mol. The molecule has 8 heteroatoms. The molecule has 0 fully saturated rings. The first-order chi connectivity index (χ1) is 12.0. The minimum atomic E-state index is -3.02. The molecule has 0 aliphatic carbocycles. The molecule has 1 aromatic heterocycles. The highest BCUT2D eigenvalue weighted by atomic mass is 19.3. The SMILES string of the molecule is C[C@@H](OC(=O)CCc1ccco1)C(=O)Nc1ccccc1OC(F)F. The Bertz CT molecular complexity index is 703. The van der Waals surface area contributed by atoms with E-state index >= 15 is 0 Å². The van der Waals surface area contributed by atoms with Crippen LogP contribution in [0.25, 0.3) is 0 Å². The van der Waals surface area contributed by atoms with Crippen molar-refractivity contribution in [3.63, 3.8) is 0 Å². The average molecular weight is 353 g/mol. The van der Waals surface area contributed by atoms with Crippen molar-refractivity contribution in [1.29, 1.82) is 0 Å². The zero-order valence-electron chi connectivity index (χ0n) is 13.4. The van der Waals surface area contributed by atoms with Gasteiger partial charge in [-0.15, -0.1) is 0 Å². The maximum atomic E-state index is 12.4. The van der Waals surface area contributed by atoms with Crippen LogP contribution in [0, 0.1) is 0 Å². The largest absolute Gasteiger partial charge is 0.469 e. The number of halogens is 2. The van der Waals surface area contributed by atoms with E-state index in [-0.39, 0.29) is 17.9 Å². The molecule has 1 aromatic carbocycles. The molecule has 0 radical (unpaired) electrons. The van der Waals surface area contributed by atoms with Crippen molar-refractivity contribution in [3.8, 4) is 5.75 Å². The first-order valence-corrected chi connectivity index (χ1v) is 7.52. The fourth-order valence-corrected chi connectivity index (χ4v) is 1.99. The fraction of sp³-hybridized carbons (Fsp3) is 0.294. The number of nitrogens with one attached hydrogen (secondary N) is 1. The smallest absolute Gasteiger partial charge is 0.387 e. The summed E-state index contributed by atoms with van der Waals surface area (Å²) in [6.45, 7) is -1.63. The zero-order valence-corrected chi connectivity index (χ0v) is 13.4. The third kappa shape index (κ3) is 5.91. The molecule has 0 unspecified atom stereocenters. The van der Waals surface area contributed by atoms with E-state index in [1.807, 2.05) is 0 Å². The van der Waals surface area contributed by atoms with Gasteiger partial charge in [-0.1, -0.05) is 12.1 Å². The molecule has 1 heterocycles. The molecule has 2 aromatic rings. The molecule has 0 saturated heterocycles. The number of furan rings is 1. The fourth-order valence-electron chi connectivity index (χ4n) is 1.99. The van der Waals surface area contributed by atoms with Gasteiger partial charge in [0.2, 0.25) is 0 Å². The number of hydrogen-bond acceptors (Lipinski definition) is 5. The van der Waals surface area contributed by atoms with Crippen LogP contribution >= 0.6 is 0 Å². The number of para-hydroxylation sites is 2. The summed E-state index contributed by atoms with van der Waals surface area (Å²) >= 11 is 0. The van der Waals surface area contributed by atoms with Gasteiger partial charge in [0, 0.05) is 6.42 Å². The Morgan fingerprint density at radius 3 is 2.64 bits per heavy atom. The number of rotatable bonds is 8. The van der Waals surface area contributed by atoms with Crippen LogP contribution in [0.5, 0.6) is 5.75 Å². The highest BCUT2D eigenvalue weighted by Gasteiger charge is 2.20. The summed E-state index contributed by atoms with van der Waals surface area (Å²) in [5.41, 5.74) is 0.0614. The Hall–Kier alpha value is -2.90. The third-order valence-electron chi connectivity index (χ3n) is 3.19. The Morgan fingerprint density at radius 1 is 1.20 bits per heavy atom. The van der Waals surface area contributed by atoms with Crippen LogP contribution in [0.15, 0.2) is 47.1 Å². The van der Waals surface area contributed by atoms with Crippen molar-refractivity contribution < 1.29 is 32.3 Å². The van der Waals surface area contributed by atoms with E-state index in [4.69, 9.17) is 9.15 Å². The van der Waals surface area contributed by atoms with Gasteiger partial charge in [-0.05, 0) is 31.2 Å². The third-order valence-corrected chi connectivity index (χ3v) is 3.19. The molecule has 1 amide bonds. The Morgan fingerprint density at radius 2 is 1.96 bits per heavy atom. The predicted molar refractivity (Wildman–Crippen MR) is 84.3 cm³/mol. The van der Waals surface area contributed by atoms with E-state index in [2.05, 4.69) is 10.1 Å². The van der Waals surface area contributed by atoms with Crippen LogP contribution in [0.4, 0.5) is 14.5 Å². The van der Waals surface area contributed by atoms with Crippen molar-refractivity contribution >= 4 is 17.6 Å². The second-order valence-electron chi connectivity index (χ2n) is 5.08. The van der Waals surface area contributed by atoms with Crippen LogP contribution in [0.3, 0.4) is 0 Å². The van der Waals surface area contributed by atoms with Crippen molar-refractivity contribution in [2.45, 2.75) is 32.5 Å². The van der Waals surface area contributed by atoms with Crippen LogP contribution in [-0.2, 0) is 20.7 Å². The lowest BCUT2D eigenvalue weighted by Gasteiger charge is -2.15. The topological polar surface area (TPSA) is 77.8 Å². The molecule has 1 atom stereocenters. The molecule has 2 rings (SSSR count). The van der Waals surface area contributed by atoms with E-state index in [0.29, 0.717) is 12.2 Å². The summed E-state index contributed by atoms with van der Waals surface area (Å²) in [5, 5.41) is 2.40. The van der Waals surface area contributed by atoms with E-state index in [0.717, 1.165) is 0 Å². The minimum Gasteiger partial charge on any atom is -0.469 e. The second-order valence-corrected chi connectivity index (χ2v) is 5.08. The molecule has 0 aliphatic rings. The van der Waals surface area contributed by atoms with Crippen LogP contribution < -0.4 is 10.1 Å². The molecule has 0 spiro atoms. The molecule has 1 N–H and O–H groups in total. The van der Waals surface area contributed by atoms with Gasteiger partial charge in [-0.2, -0.15) is 8.78 Å². The van der Waals surface area contributed by atoms with E-state index in [1.54, 1.807) is 18.2 Å². The summed E-state index contributed by atoms with van der Waals surface area (Å²) < 4.78 is 39.2. The minimum absolute atomic E-state index is 0.0518. The summed E-state index contributed by atoms with van der Waals surface area (Å²) in [7, 11) is 0. The standard InChI is InChI=1S/C17H17F2NO5/c1-11(24-15(21)9-8-12-5-4-10-23-12)16(22)20-13-6-2-3-7-14(13)25-17(18)19/h2-7,10-11,17H,8-9H2,1H3,(H,20,22)/t11-/m1/s1. The average Bonchev–Trinajstić information content (AvgIpc) is 3.07. The van der Waals surface area contributed by atoms with Gasteiger partial charge in [0.15, 0.2) is 6.10 Å². The molecule has 0 aliphatic heterocycles. The summed E-state index contributed by atoms with van der Waals surface area (Å²) in [6.07, 6.45) is 0.806. The maximum absolute atomic E-state index is 12.4. The van der Waals surface area contributed by atoms with Gasteiger partial charge in [0.25, 0.3) is 5.91 Å². The van der Waals surface area contributed by atoms with Crippen molar-refractivity contribution in [1.82, 2.24) is 0 Å². The molecular formula is C17H17F2NO5. The monoisotopic (exact) mass is 353 g/mol. The number of alkyl halides is 2. The van der Waals surface area contributed by atoms with Gasteiger partial charge in [0.05, 0.1) is 18.4 Å². The number of hydrogen-bond donors (Lipinski definition) is 1. The van der Waals surface area contributed by atoms with Gasteiger partial charge < -0.3 is 19.2 Å². The lowest BCUT2D eigenvalue weighted by Crippen LogP contribution is -2.30. The normalized spacial score (nSPS) is 11.8. The number of amides is 1. The number of carbonyl (C=O) groups excluding carboxylic acids is 2. The van der Waals surface area contributed by atoms with Gasteiger partial charge in [-0.25, -0.2) is 0 Å². The quantitative estimate of drug-likeness (QED) is 0.736. The molecule has 0 saturated carbocycles. The summed E-state index contributed by atoms with van der Waals surface area (Å²) in [4.78, 5) is 23.8. The number of ether oxygens (including phenoxy) is 2. The highest BCUT2D eigenvalue weighted by Crippen LogP contribution is 2.25. The molecule has 25 heavy (non-hydrogen) atoms. The molecule has 6 nitrogen and oxygen atoms in total. The van der Waals surface area contributed by atoms with E-state index in [1.165, 1.54) is 31.4 Å². The van der Waals surface area contributed by atoms with Crippen LogP contribution in [0.2, 0.25) is 0 Å². The van der Waals surface area contributed by atoms with E-state index < -0.39 is 24.6 Å². The molecule has 134 valence electrons. The van der Waals surface area contributed by atoms with Gasteiger partial charge >= 0.3 is 12.6 Å². The van der Waals surface area contributed by atoms with Crippen molar-refractivity contribution in [2.75, 3.05) is 5.32 Å². The second kappa shape index (κ2) is 8.81. The summed E-state index contributed by atoms with van der Waals surface area (Å²) in [5.74, 6) is -0.776. The Kier molecular flexibility index (Phi) is 6.50. The van der Waals surface area contributed by atoms with E-state index in [9.17, 15) is 18.4 Å². The number of anilines is 1. The number of esters is 1. The first kappa shape index (κ1) is 18.4. The van der Waals surface area contributed by atoms with Crippen LogP contribution in [-0.4, -0.2) is 24.6 Å². The number of aryl methyl sites for hydroxylation is 1. The Labute approximate surface area is 142 Å². The maximum Gasteiger partial charge on any atom is 0.387 e. The summed E-state index contributed by atoms with van der Waals surface area (Å²) in [6, 6.07) is 9.17. The predicted octanol–water partition coefficient (Wildman–Crippen LogP) is 3.38. The zero-order chi connectivity index (χ0) is 18.2. The van der Waals surface area contributed by atoms with Crippen LogP contribution in [0.1, 0.15) is 19.1 Å². The van der Waals surface area contributed by atoms with Crippen molar-refractivity contribution in [2.24, 2.45) is 0 Å². The lowest BCUT2D eigenvalue weighted by atomic mass is 10.2. The Balaban J connectivity index is 1.86. The number of carbonyl (C=O) groups is 2. The van der Waals surface area contributed by atoms with Gasteiger partial charge in [-0.3, -0.25) is 9.59 Å². The van der Waals surface area contributed by atoms with Gasteiger partial charge in [0.1, 0.15) is 11.5 Å². The highest BCUT2D eigenvalue weighted by molar-refractivity contribution is 5.96.